The molecule has 0 spiro atoms. The molecule has 0 saturated carbocycles. The van der Waals surface area contributed by atoms with Crippen molar-refractivity contribution in [2.75, 3.05) is 0 Å². The van der Waals surface area contributed by atoms with E-state index in [4.69, 9.17) is 4.55 Å². The standard InChI is InChI=1S/C6H6I2O3S/c7-5-1-3-6(8,4-2-5)12(9,10)11/h1-3H,4H2,(H,9,10,11). The molecule has 0 aromatic heterocycles. The van der Waals surface area contributed by atoms with Gasteiger partial charge in [0.25, 0.3) is 10.1 Å². The Morgan fingerprint density at radius 2 is 2.17 bits per heavy atom. The van der Waals surface area contributed by atoms with Crippen LogP contribution in [0.2, 0.25) is 0 Å². The van der Waals surface area contributed by atoms with Crippen molar-refractivity contribution in [1.82, 2.24) is 0 Å². The molecular formula is C6H6I2O3S. The molecule has 68 valence electrons. The summed E-state index contributed by atoms with van der Waals surface area (Å²) in [7, 11) is -4.00. The average Bonchev–Trinajstić information content (AvgIpc) is 1.93. The molecule has 0 radical (unpaired) electrons. The highest BCUT2D eigenvalue weighted by Crippen LogP contribution is 2.36. The Bertz CT molecular complexity index is 344. The van der Waals surface area contributed by atoms with E-state index in [9.17, 15) is 8.42 Å². The predicted octanol–water partition coefficient (Wildman–Crippen LogP) is 2.28. The highest BCUT2D eigenvalue weighted by Gasteiger charge is 2.37. The van der Waals surface area contributed by atoms with Crippen LogP contribution in [0, 0.1) is 0 Å². The van der Waals surface area contributed by atoms with Crippen LogP contribution in [0.5, 0.6) is 0 Å². The summed E-state index contributed by atoms with van der Waals surface area (Å²) in [6.45, 7) is 0. The highest BCUT2D eigenvalue weighted by molar-refractivity contribution is 14.1. The van der Waals surface area contributed by atoms with Crippen molar-refractivity contribution in [1.29, 1.82) is 0 Å². The second-order valence-electron chi connectivity index (χ2n) is 2.39. The maximum atomic E-state index is 10.9. The molecule has 0 bridgehead atoms. The molecule has 0 fully saturated rings. The molecular weight excluding hydrogens is 406 g/mol. The first-order valence-electron chi connectivity index (χ1n) is 3.06. The summed E-state index contributed by atoms with van der Waals surface area (Å²) in [6.07, 6.45) is 5.29. The zero-order chi connectivity index (χ0) is 9.41. The largest absolute Gasteiger partial charge is 0.284 e. The topological polar surface area (TPSA) is 54.4 Å². The van der Waals surface area contributed by atoms with Crippen molar-refractivity contribution in [2.45, 2.75) is 9.17 Å². The molecule has 0 aliphatic heterocycles. The van der Waals surface area contributed by atoms with Crippen molar-refractivity contribution in [3.63, 3.8) is 0 Å². The number of rotatable bonds is 1. The van der Waals surface area contributed by atoms with E-state index in [0.29, 0.717) is 6.42 Å². The van der Waals surface area contributed by atoms with Crippen LogP contribution in [0.1, 0.15) is 6.42 Å². The molecule has 0 saturated heterocycles. The van der Waals surface area contributed by atoms with Gasteiger partial charge in [0.2, 0.25) is 0 Å². The third-order valence-corrected chi connectivity index (χ3v) is 5.93. The second kappa shape index (κ2) is 3.54. The van der Waals surface area contributed by atoms with Crippen LogP contribution in [-0.4, -0.2) is 15.7 Å². The first kappa shape index (κ1) is 10.9. The maximum Gasteiger partial charge on any atom is 0.284 e. The quantitative estimate of drug-likeness (QED) is 0.409. The van der Waals surface area contributed by atoms with Gasteiger partial charge in [-0.25, -0.2) is 0 Å². The van der Waals surface area contributed by atoms with Gasteiger partial charge < -0.3 is 0 Å². The van der Waals surface area contributed by atoms with Gasteiger partial charge in [-0.15, -0.1) is 0 Å². The maximum absolute atomic E-state index is 10.9. The minimum atomic E-state index is -4.00. The third-order valence-electron chi connectivity index (χ3n) is 1.50. The van der Waals surface area contributed by atoms with Crippen molar-refractivity contribution < 1.29 is 13.0 Å². The van der Waals surface area contributed by atoms with Crippen LogP contribution in [0.3, 0.4) is 0 Å². The van der Waals surface area contributed by atoms with E-state index in [2.05, 4.69) is 22.6 Å². The van der Waals surface area contributed by atoms with Gasteiger partial charge in [-0.05, 0) is 28.7 Å². The lowest BCUT2D eigenvalue weighted by molar-refractivity contribution is 0.472. The number of hydrogen-bond donors (Lipinski definition) is 1. The summed E-state index contributed by atoms with van der Waals surface area (Å²) < 4.78 is 30.5. The number of halogens is 2. The van der Waals surface area contributed by atoms with Gasteiger partial charge >= 0.3 is 0 Å². The fourth-order valence-electron chi connectivity index (χ4n) is 0.768. The molecule has 1 unspecified atom stereocenters. The van der Waals surface area contributed by atoms with Gasteiger partial charge in [0.15, 0.2) is 2.75 Å². The monoisotopic (exact) mass is 412 g/mol. The number of hydrogen-bond acceptors (Lipinski definition) is 2. The van der Waals surface area contributed by atoms with Crippen molar-refractivity contribution in [2.24, 2.45) is 0 Å². The summed E-state index contributed by atoms with van der Waals surface area (Å²) in [5, 5.41) is 0. The van der Waals surface area contributed by atoms with Gasteiger partial charge in [0.05, 0.1) is 0 Å². The molecule has 6 heteroatoms. The van der Waals surface area contributed by atoms with Crippen LogP contribution in [0.25, 0.3) is 0 Å². The Labute approximate surface area is 98.3 Å². The molecule has 0 aromatic carbocycles. The summed E-state index contributed by atoms with van der Waals surface area (Å²) in [5.41, 5.74) is 0. The molecule has 1 atom stereocenters. The molecule has 1 rings (SSSR count). The van der Waals surface area contributed by atoms with Crippen LogP contribution in [-0.2, 0) is 10.1 Å². The normalized spacial score (nSPS) is 30.1. The number of alkyl halides is 1. The Kier molecular flexibility index (Phi) is 3.22. The van der Waals surface area contributed by atoms with E-state index in [1.165, 1.54) is 6.08 Å². The average molecular weight is 412 g/mol. The van der Waals surface area contributed by atoms with E-state index in [1.54, 1.807) is 34.7 Å². The third kappa shape index (κ3) is 2.20. The predicted molar refractivity (Wildman–Crippen MR) is 64.2 cm³/mol. The van der Waals surface area contributed by atoms with E-state index in [0.717, 1.165) is 3.58 Å². The Morgan fingerprint density at radius 3 is 2.50 bits per heavy atom. The Hall–Kier alpha value is 0.850. The Morgan fingerprint density at radius 1 is 1.58 bits per heavy atom. The van der Waals surface area contributed by atoms with Gasteiger partial charge in [-0.3, -0.25) is 4.55 Å². The molecule has 3 nitrogen and oxygen atoms in total. The zero-order valence-corrected chi connectivity index (χ0v) is 11.0. The van der Waals surface area contributed by atoms with Crippen LogP contribution >= 0.6 is 45.2 Å². The molecule has 0 amide bonds. The van der Waals surface area contributed by atoms with Crippen LogP contribution in [0.15, 0.2) is 21.8 Å². The summed E-state index contributed by atoms with van der Waals surface area (Å²) in [5.74, 6) is 0. The SMILES string of the molecule is O=S(=O)(O)C1(I)C=CC(I)=CC1. The molecule has 0 aromatic rings. The van der Waals surface area contributed by atoms with Gasteiger partial charge in [-0.2, -0.15) is 8.42 Å². The van der Waals surface area contributed by atoms with Crippen LogP contribution in [0.4, 0.5) is 0 Å². The lowest BCUT2D eigenvalue weighted by Crippen LogP contribution is -2.29. The Balaban J connectivity index is 3.02. The summed E-state index contributed by atoms with van der Waals surface area (Å²) in [4.78, 5) is 0. The highest BCUT2D eigenvalue weighted by atomic mass is 127. The minimum Gasteiger partial charge on any atom is -0.284 e. The van der Waals surface area contributed by atoms with E-state index in [1.807, 2.05) is 0 Å². The van der Waals surface area contributed by atoms with E-state index < -0.39 is 12.9 Å². The molecule has 1 aliphatic rings. The van der Waals surface area contributed by atoms with Gasteiger partial charge in [0.1, 0.15) is 0 Å². The molecule has 12 heavy (non-hydrogen) atoms. The smallest absolute Gasteiger partial charge is 0.284 e. The molecule has 1 N–H and O–H groups in total. The first-order chi connectivity index (χ1) is 5.35. The van der Waals surface area contributed by atoms with E-state index in [-0.39, 0.29) is 0 Å². The molecule has 1 aliphatic carbocycles. The van der Waals surface area contributed by atoms with E-state index >= 15 is 0 Å². The number of allylic oxidation sites excluding steroid dienone is 3. The van der Waals surface area contributed by atoms with Crippen molar-refractivity contribution in [3.8, 4) is 0 Å². The minimum absolute atomic E-state index is 0.321. The fraction of sp³-hybridized carbons (Fsp3) is 0.333. The molecule has 0 heterocycles. The lowest BCUT2D eigenvalue weighted by Gasteiger charge is -2.21. The van der Waals surface area contributed by atoms with Crippen molar-refractivity contribution >= 4 is 55.3 Å². The van der Waals surface area contributed by atoms with Crippen molar-refractivity contribution in [3.05, 3.63) is 21.8 Å². The zero-order valence-electron chi connectivity index (χ0n) is 5.87. The second-order valence-corrected chi connectivity index (χ2v) is 7.97. The van der Waals surface area contributed by atoms with Crippen LogP contribution < -0.4 is 0 Å². The lowest BCUT2D eigenvalue weighted by atomic mass is 10.2. The first-order valence-corrected chi connectivity index (χ1v) is 6.66. The fourth-order valence-corrected chi connectivity index (χ4v) is 2.10. The summed E-state index contributed by atoms with van der Waals surface area (Å²) in [6, 6.07) is 0. The van der Waals surface area contributed by atoms with Gasteiger partial charge in [-0.1, -0.05) is 34.7 Å². The van der Waals surface area contributed by atoms with Gasteiger partial charge in [0, 0.05) is 10.0 Å². The summed E-state index contributed by atoms with van der Waals surface area (Å²) >= 11 is 3.83.